The molecule has 6 nitrogen and oxygen atoms in total. The molecular weight excluding hydrogens is 438 g/mol. The molecule has 176 valence electrons. The van der Waals surface area contributed by atoms with Gasteiger partial charge >= 0.3 is 0 Å². The fourth-order valence-corrected chi connectivity index (χ4v) is 5.05. The molecule has 0 bridgehead atoms. The van der Waals surface area contributed by atoms with Crippen molar-refractivity contribution >= 4 is 23.4 Å². The summed E-state index contributed by atoms with van der Waals surface area (Å²) in [7, 11) is 1.54. The van der Waals surface area contributed by atoms with E-state index in [2.05, 4.69) is 41.4 Å². The molecule has 2 amide bonds. The van der Waals surface area contributed by atoms with Crippen LogP contribution >= 0.6 is 11.6 Å². The van der Waals surface area contributed by atoms with Crippen molar-refractivity contribution in [1.29, 1.82) is 0 Å². The number of benzene rings is 2. The lowest BCUT2D eigenvalue weighted by molar-refractivity contribution is -0.126. The van der Waals surface area contributed by atoms with Crippen LogP contribution in [0.25, 0.3) is 0 Å². The van der Waals surface area contributed by atoms with E-state index >= 15 is 0 Å². The number of hydrogen-bond acceptors (Lipinski definition) is 4. The highest BCUT2D eigenvalue weighted by atomic mass is 35.5. The summed E-state index contributed by atoms with van der Waals surface area (Å²) >= 11 is 6.08. The van der Waals surface area contributed by atoms with Gasteiger partial charge in [0, 0.05) is 49.2 Å². The highest BCUT2D eigenvalue weighted by Gasteiger charge is 2.32. The molecule has 0 aromatic heterocycles. The topological polar surface area (TPSA) is 61.9 Å². The zero-order valence-electron chi connectivity index (χ0n) is 19.3. The van der Waals surface area contributed by atoms with Crippen LogP contribution in [0.2, 0.25) is 5.02 Å². The van der Waals surface area contributed by atoms with Gasteiger partial charge in [0.2, 0.25) is 5.91 Å². The molecule has 2 aromatic carbocycles. The highest BCUT2D eigenvalue weighted by Crippen LogP contribution is 2.28. The maximum atomic E-state index is 13.0. The first-order valence-electron chi connectivity index (χ1n) is 11.7. The van der Waals surface area contributed by atoms with Crippen molar-refractivity contribution in [2.75, 3.05) is 33.3 Å². The minimum absolute atomic E-state index is 0.0593. The Balaban J connectivity index is 1.27. The van der Waals surface area contributed by atoms with Gasteiger partial charge < -0.3 is 15.0 Å². The third-order valence-corrected chi connectivity index (χ3v) is 7.18. The number of methoxy groups -OCH3 is 1. The summed E-state index contributed by atoms with van der Waals surface area (Å²) in [6.45, 7) is 5.17. The summed E-state index contributed by atoms with van der Waals surface area (Å²) in [6, 6.07) is 16.1. The number of halogens is 1. The number of amides is 2. The molecule has 2 aliphatic heterocycles. The Morgan fingerprint density at radius 2 is 1.79 bits per heavy atom. The number of nitrogens with one attached hydrogen (secondary N) is 1. The van der Waals surface area contributed by atoms with Gasteiger partial charge in [-0.25, -0.2) is 0 Å². The van der Waals surface area contributed by atoms with E-state index in [0.29, 0.717) is 48.3 Å². The van der Waals surface area contributed by atoms with Gasteiger partial charge in [-0.1, -0.05) is 41.9 Å². The number of nitrogens with zero attached hydrogens (tertiary/aromatic N) is 2. The Morgan fingerprint density at radius 1 is 1.06 bits per heavy atom. The fourth-order valence-electron chi connectivity index (χ4n) is 4.88. The smallest absolute Gasteiger partial charge is 0.257 e. The SMILES string of the molecule is COc1ccc(Cl)cc1C(=O)N1CCC(C(=O)NC2CCN(C(C)c3ccccc3)C2)CC1. The van der Waals surface area contributed by atoms with E-state index in [9.17, 15) is 9.59 Å². The molecule has 0 aliphatic carbocycles. The van der Waals surface area contributed by atoms with E-state index < -0.39 is 0 Å². The normalized spacial score (nSPS) is 20.5. The zero-order valence-corrected chi connectivity index (χ0v) is 20.1. The molecule has 2 unspecified atom stereocenters. The first-order chi connectivity index (χ1) is 16.0. The molecule has 2 fully saturated rings. The fraction of sp³-hybridized carbons (Fsp3) is 0.462. The molecule has 2 heterocycles. The van der Waals surface area contributed by atoms with Crippen LogP contribution in [0.15, 0.2) is 48.5 Å². The maximum absolute atomic E-state index is 13.0. The number of carbonyl (C=O) groups excluding carboxylic acids is 2. The van der Waals surface area contributed by atoms with Gasteiger partial charge in [-0.3, -0.25) is 14.5 Å². The van der Waals surface area contributed by atoms with Crippen molar-refractivity contribution in [3.8, 4) is 5.75 Å². The Morgan fingerprint density at radius 3 is 2.48 bits per heavy atom. The van der Waals surface area contributed by atoms with E-state index in [1.54, 1.807) is 30.2 Å². The second-order valence-electron chi connectivity index (χ2n) is 8.99. The van der Waals surface area contributed by atoms with Crippen LogP contribution in [0, 0.1) is 5.92 Å². The number of hydrogen-bond donors (Lipinski definition) is 1. The van der Waals surface area contributed by atoms with Crippen molar-refractivity contribution in [2.24, 2.45) is 5.92 Å². The van der Waals surface area contributed by atoms with Crippen molar-refractivity contribution in [2.45, 2.75) is 38.3 Å². The Labute approximate surface area is 200 Å². The van der Waals surface area contributed by atoms with E-state index in [1.165, 1.54) is 5.56 Å². The molecule has 0 saturated carbocycles. The average molecular weight is 470 g/mol. The number of rotatable bonds is 6. The van der Waals surface area contributed by atoms with E-state index in [-0.39, 0.29) is 23.8 Å². The number of ether oxygens (including phenoxy) is 1. The Kier molecular flexibility index (Phi) is 7.56. The zero-order chi connectivity index (χ0) is 23.4. The van der Waals surface area contributed by atoms with Gasteiger partial charge in [0.15, 0.2) is 0 Å². The third kappa shape index (κ3) is 5.50. The predicted octanol–water partition coefficient (Wildman–Crippen LogP) is 4.15. The minimum Gasteiger partial charge on any atom is -0.496 e. The quantitative estimate of drug-likeness (QED) is 0.690. The summed E-state index contributed by atoms with van der Waals surface area (Å²) in [6.07, 6.45) is 2.30. The van der Waals surface area contributed by atoms with Crippen molar-refractivity contribution in [3.63, 3.8) is 0 Å². The molecule has 7 heteroatoms. The van der Waals surface area contributed by atoms with Crippen LogP contribution < -0.4 is 10.1 Å². The third-order valence-electron chi connectivity index (χ3n) is 6.94. The van der Waals surface area contributed by atoms with E-state index in [0.717, 1.165) is 19.5 Å². The molecule has 1 N–H and O–H groups in total. The molecule has 2 saturated heterocycles. The average Bonchev–Trinajstić information content (AvgIpc) is 3.32. The van der Waals surface area contributed by atoms with Gasteiger partial charge in [0.05, 0.1) is 12.7 Å². The second-order valence-corrected chi connectivity index (χ2v) is 9.42. The lowest BCUT2D eigenvalue weighted by Gasteiger charge is -2.32. The van der Waals surface area contributed by atoms with Crippen LogP contribution in [0.3, 0.4) is 0 Å². The van der Waals surface area contributed by atoms with Gasteiger partial charge in [0.1, 0.15) is 5.75 Å². The molecule has 2 aromatic rings. The number of carbonyl (C=O) groups is 2. The van der Waals surface area contributed by atoms with Gasteiger partial charge in [0.25, 0.3) is 5.91 Å². The molecule has 33 heavy (non-hydrogen) atoms. The first-order valence-corrected chi connectivity index (χ1v) is 12.1. The molecule has 0 spiro atoms. The van der Waals surface area contributed by atoms with Gasteiger partial charge in [-0.2, -0.15) is 0 Å². The van der Waals surface area contributed by atoms with E-state index in [1.807, 2.05) is 6.07 Å². The summed E-state index contributed by atoms with van der Waals surface area (Å²) in [5.41, 5.74) is 1.77. The molecule has 0 radical (unpaired) electrons. The standard InChI is InChI=1S/C26H32ClN3O3/c1-18(19-6-4-3-5-7-19)30-15-12-22(17-30)28-25(31)20-10-13-29(14-11-20)26(32)23-16-21(27)8-9-24(23)33-2/h3-9,16,18,20,22H,10-15,17H2,1-2H3,(H,28,31). The summed E-state index contributed by atoms with van der Waals surface area (Å²) in [5, 5.41) is 3.77. The number of likely N-dealkylation sites (tertiary alicyclic amines) is 2. The Bertz CT molecular complexity index is 976. The molecule has 2 aliphatic rings. The van der Waals surface area contributed by atoms with E-state index in [4.69, 9.17) is 16.3 Å². The monoisotopic (exact) mass is 469 g/mol. The second kappa shape index (κ2) is 10.6. The number of piperidine rings is 1. The van der Waals surface area contributed by atoms with Crippen molar-refractivity contribution in [3.05, 3.63) is 64.7 Å². The largest absolute Gasteiger partial charge is 0.496 e. The summed E-state index contributed by atoms with van der Waals surface area (Å²) in [4.78, 5) is 30.1. The van der Waals surface area contributed by atoms with Crippen molar-refractivity contribution < 1.29 is 14.3 Å². The lowest BCUT2D eigenvalue weighted by Crippen LogP contribution is -2.46. The molecular formula is C26H32ClN3O3. The van der Waals surface area contributed by atoms with Gasteiger partial charge in [-0.05, 0) is 49.9 Å². The highest BCUT2D eigenvalue weighted by molar-refractivity contribution is 6.31. The summed E-state index contributed by atoms with van der Waals surface area (Å²) in [5.74, 6) is 0.465. The predicted molar refractivity (Wildman–Crippen MR) is 130 cm³/mol. The van der Waals surface area contributed by atoms with Gasteiger partial charge in [-0.15, -0.1) is 0 Å². The lowest BCUT2D eigenvalue weighted by atomic mass is 9.95. The Hall–Kier alpha value is -2.57. The van der Waals surface area contributed by atoms with Crippen LogP contribution in [0.5, 0.6) is 5.75 Å². The summed E-state index contributed by atoms with van der Waals surface area (Å²) < 4.78 is 5.33. The van der Waals surface area contributed by atoms with Crippen LogP contribution in [-0.2, 0) is 4.79 Å². The molecule has 2 atom stereocenters. The minimum atomic E-state index is -0.102. The van der Waals surface area contributed by atoms with Crippen LogP contribution in [0.1, 0.15) is 48.1 Å². The van der Waals surface area contributed by atoms with Crippen molar-refractivity contribution in [1.82, 2.24) is 15.1 Å². The van der Waals surface area contributed by atoms with Crippen LogP contribution in [-0.4, -0.2) is 60.9 Å². The van der Waals surface area contributed by atoms with Crippen LogP contribution in [0.4, 0.5) is 0 Å². The maximum Gasteiger partial charge on any atom is 0.257 e. The first kappa shape index (κ1) is 23.6. The molecule has 4 rings (SSSR count).